The highest BCUT2D eigenvalue weighted by Crippen LogP contribution is 2.39. The third kappa shape index (κ3) is 5.58. The Bertz CT molecular complexity index is 1260. The number of ether oxygens (including phenoxy) is 1. The Morgan fingerprint density at radius 2 is 1.85 bits per heavy atom. The van der Waals surface area contributed by atoms with Crippen LogP contribution < -0.4 is 15.8 Å². The molecule has 0 radical (unpaired) electrons. The number of nitrogens with two attached hydrogens (primary N) is 1. The minimum atomic E-state index is -0.132. The summed E-state index contributed by atoms with van der Waals surface area (Å²) in [7, 11) is 3.94. The lowest BCUT2D eigenvalue weighted by atomic mass is 10.0. The molecule has 0 atom stereocenters. The van der Waals surface area contributed by atoms with Crippen LogP contribution in [-0.2, 0) is 4.79 Å². The highest BCUT2D eigenvalue weighted by molar-refractivity contribution is 7.18. The van der Waals surface area contributed by atoms with E-state index in [1.54, 1.807) is 23.6 Å². The summed E-state index contributed by atoms with van der Waals surface area (Å²) in [6, 6.07) is 17.6. The fourth-order valence-electron chi connectivity index (χ4n) is 3.37. The van der Waals surface area contributed by atoms with Crippen molar-refractivity contribution in [2.75, 3.05) is 32.9 Å². The molecular weight excluding hydrogens is 432 g/mol. The van der Waals surface area contributed by atoms with E-state index < -0.39 is 0 Å². The summed E-state index contributed by atoms with van der Waals surface area (Å²) < 4.78 is 6.89. The number of likely N-dealkylation sites (N-methyl/N-ethyl adjacent to an activating group) is 1. The lowest BCUT2D eigenvalue weighted by molar-refractivity contribution is -0.116. The van der Waals surface area contributed by atoms with Crippen LogP contribution in [0.2, 0.25) is 0 Å². The van der Waals surface area contributed by atoms with E-state index in [1.165, 1.54) is 6.08 Å². The molecule has 0 aliphatic rings. The molecule has 2 aromatic carbocycles. The van der Waals surface area contributed by atoms with Crippen LogP contribution >= 0.6 is 11.3 Å². The molecule has 3 N–H and O–H groups in total. The number of hydrogen-bond acceptors (Lipinski definition) is 6. The van der Waals surface area contributed by atoms with Crippen molar-refractivity contribution in [3.63, 3.8) is 0 Å². The Morgan fingerprint density at radius 1 is 1.12 bits per heavy atom. The molecule has 0 saturated heterocycles. The summed E-state index contributed by atoms with van der Waals surface area (Å²) >= 11 is 1.59. The van der Waals surface area contributed by atoms with Crippen molar-refractivity contribution in [3.8, 4) is 22.6 Å². The van der Waals surface area contributed by atoms with Crippen LogP contribution in [0.5, 0.6) is 11.5 Å². The number of nitrogens with zero attached hydrogens (tertiary/aromatic N) is 2. The Labute approximate surface area is 197 Å². The van der Waals surface area contributed by atoms with Crippen LogP contribution in [0, 0.1) is 0 Å². The van der Waals surface area contributed by atoms with Crippen molar-refractivity contribution in [2.45, 2.75) is 0 Å². The lowest BCUT2D eigenvalue weighted by Gasteiger charge is -2.09. The Kier molecular flexibility index (Phi) is 7.02. The number of carbonyl (C=O) groups is 1. The number of thiophene rings is 1. The number of nitrogens with one attached hydrogen (secondary N) is 1. The maximum atomic E-state index is 12.1. The molecule has 6 nitrogen and oxygen atoms in total. The monoisotopic (exact) mass is 458 g/mol. The van der Waals surface area contributed by atoms with Crippen LogP contribution in [0.1, 0.15) is 5.56 Å². The molecule has 1 amide bonds. The molecule has 0 fully saturated rings. The molecule has 0 bridgehead atoms. The molecule has 168 valence electrons. The number of amides is 1. The third-order valence-electron chi connectivity index (χ3n) is 5.07. The SMILES string of the molecule is CN(C)CCNC(=O)C=Cc1cnc(N)c2c(-c3ccc(Oc4ccccc4)cc3)csc12. The zero-order chi connectivity index (χ0) is 23.2. The zero-order valence-electron chi connectivity index (χ0n) is 18.6. The average Bonchev–Trinajstić information content (AvgIpc) is 3.26. The highest BCUT2D eigenvalue weighted by atomic mass is 32.1. The van der Waals surface area contributed by atoms with Gasteiger partial charge in [0.25, 0.3) is 0 Å². The predicted molar refractivity (Wildman–Crippen MR) is 137 cm³/mol. The smallest absolute Gasteiger partial charge is 0.244 e. The second-order valence-corrected chi connectivity index (χ2v) is 8.70. The maximum Gasteiger partial charge on any atom is 0.244 e. The molecule has 4 aromatic rings. The van der Waals surface area contributed by atoms with Crippen molar-refractivity contribution in [2.24, 2.45) is 0 Å². The Balaban J connectivity index is 1.55. The molecule has 2 aromatic heterocycles. The van der Waals surface area contributed by atoms with E-state index in [9.17, 15) is 4.79 Å². The van der Waals surface area contributed by atoms with Gasteiger partial charge >= 0.3 is 0 Å². The normalized spacial score (nSPS) is 11.4. The van der Waals surface area contributed by atoms with Crippen molar-refractivity contribution < 1.29 is 9.53 Å². The largest absolute Gasteiger partial charge is 0.457 e. The molecule has 4 rings (SSSR count). The number of para-hydroxylation sites is 1. The minimum Gasteiger partial charge on any atom is -0.457 e. The first kappa shape index (κ1) is 22.5. The quantitative estimate of drug-likeness (QED) is 0.362. The fraction of sp³-hybridized carbons (Fsp3) is 0.154. The molecule has 0 saturated carbocycles. The van der Waals surface area contributed by atoms with Crippen molar-refractivity contribution in [1.82, 2.24) is 15.2 Å². The van der Waals surface area contributed by atoms with E-state index in [1.807, 2.05) is 73.6 Å². The second-order valence-electron chi connectivity index (χ2n) is 7.82. The van der Waals surface area contributed by atoms with E-state index in [2.05, 4.69) is 15.7 Å². The van der Waals surface area contributed by atoms with Crippen LogP contribution in [0.3, 0.4) is 0 Å². The van der Waals surface area contributed by atoms with Gasteiger partial charge in [-0.3, -0.25) is 4.79 Å². The molecule has 2 heterocycles. The number of carbonyl (C=O) groups excluding carboxylic acids is 1. The van der Waals surface area contributed by atoms with Crippen molar-refractivity contribution in [1.29, 1.82) is 0 Å². The number of pyridine rings is 1. The number of aromatic nitrogens is 1. The summed E-state index contributed by atoms with van der Waals surface area (Å²) in [6.07, 6.45) is 5.03. The van der Waals surface area contributed by atoms with E-state index in [4.69, 9.17) is 10.5 Å². The van der Waals surface area contributed by atoms with E-state index in [0.29, 0.717) is 12.4 Å². The highest BCUT2D eigenvalue weighted by Gasteiger charge is 2.13. The van der Waals surface area contributed by atoms with Gasteiger partial charge in [0, 0.05) is 46.6 Å². The summed E-state index contributed by atoms with van der Waals surface area (Å²) in [6.45, 7) is 1.38. The van der Waals surface area contributed by atoms with E-state index >= 15 is 0 Å². The van der Waals surface area contributed by atoms with Crippen LogP contribution in [0.25, 0.3) is 27.3 Å². The maximum absolute atomic E-state index is 12.1. The average molecular weight is 459 g/mol. The second kappa shape index (κ2) is 10.3. The Hall–Kier alpha value is -3.68. The Morgan fingerprint density at radius 3 is 2.58 bits per heavy atom. The predicted octanol–water partition coefficient (Wildman–Crippen LogP) is 5.03. The van der Waals surface area contributed by atoms with Crippen LogP contribution in [0.15, 0.2) is 72.3 Å². The minimum absolute atomic E-state index is 0.132. The third-order valence-corrected chi connectivity index (χ3v) is 6.10. The number of nitrogen functional groups attached to an aromatic ring is 1. The summed E-state index contributed by atoms with van der Waals surface area (Å²) in [4.78, 5) is 18.5. The number of anilines is 1. The van der Waals surface area contributed by atoms with Gasteiger partial charge in [0.1, 0.15) is 17.3 Å². The van der Waals surface area contributed by atoms with Gasteiger partial charge in [-0.25, -0.2) is 4.98 Å². The van der Waals surface area contributed by atoms with Crippen LogP contribution in [-0.4, -0.2) is 43.0 Å². The first-order valence-electron chi connectivity index (χ1n) is 10.6. The molecule has 0 aliphatic carbocycles. The van der Waals surface area contributed by atoms with Gasteiger partial charge < -0.3 is 20.7 Å². The summed E-state index contributed by atoms with van der Waals surface area (Å²) in [5.41, 5.74) is 9.15. The first-order chi connectivity index (χ1) is 16.0. The van der Waals surface area contributed by atoms with Gasteiger partial charge in [0.05, 0.1) is 0 Å². The van der Waals surface area contributed by atoms with Gasteiger partial charge in [-0.1, -0.05) is 30.3 Å². The fourth-order valence-corrected chi connectivity index (χ4v) is 4.45. The topological polar surface area (TPSA) is 80.5 Å². The lowest BCUT2D eigenvalue weighted by Crippen LogP contribution is -2.30. The molecule has 0 aliphatic heterocycles. The van der Waals surface area contributed by atoms with Gasteiger partial charge in [0.2, 0.25) is 5.91 Å². The van der Waals surface area contributed by atoms with Crippen molar-refractivity contribution in [3.05, 3.63) is 77.8 Å². The van der Waals surface area contributed by atoms with E-state index in [-0.39, 0.29) is 5.91 Å². The zero-order valence-corrected chi connectivity index (χ0v) is 19.4. The first-order valence-corrected chi connectivity index (χ1v) is 11.5. The number of hydrogen-bond donors (Lipinski definition) is 2. The number of fused-ring (bicyclic) bond motifs is 1. The molecule has 0 spiro atoms. The van der Waals surface area contributed by atoms with Gasteiger partial charge in [-0.2, -0.15) is 0 Å². The van der Waals surface area contributed by atoms with Gasteiger partial charge in [0.15, 0.2) is 0 Å². The molecule has 7 heteroatoms. The molecule has 33 heavy (non-hydrogen) atoms. The van der Waals surface area contributed by atoms with Crippen molar-refractivity contribution >= 4 is 39.2 Å². The van der Waals surface area contributed by atoms with Gasteiger partial charge in [-0.05, 0) is 55.4 Å². The number of rotatable bonds is 8. The summed E-state index contributed by atoms with van der Waals surface area (Å²) in [5.74, 6) is 1.90. The summed E-state index contributed by atoms with van der Waals surface area (Å²) in [5, 5.41) is 5.85. The number of benzene rings is 2. The molecular formula is C26H26N4O2S. The van der Waals surface area contributed by atoms with E-state index in [0.717, 1.165) is 44.8 Å². The van der Waals surface area contributed by atoms with Gasteiger partial charge in [-0.15, -0.1) is 11.3 Å². The van der Waals surface area contributed by atoms with Crippen LogP contribution in [0.4, 0.5) is 5.82 Å². The molecule has 0 unspecified atom stereocenters. The standard InChI is InChI=1S/C26H26N4O2S/c1-30(2)15-14-28-23(31)13-10-19-16-29-26(27)24-22(17-33-25(19)24)18-8-11-21(12-9-18)32-20-6-4-3-5-7-20/h3-13,16-17H,14-15H2,1-2H3,(H2,27,29)(H,28,31).